The molecule has 0 spiro atoms. The summed E-state index contributed by atoms with van der Waals surface area (Å²) in [5.74, 6) is 2.31. The molecule has 4 bridgehead atoms. The third-order valence-electron chi connectivity index (χ3n) is 5.09. The van der Waals surface area contributed by atoms with Gasteiger partial charge in [-0.15, -0.1) is 0 Å². The molecule has 1 aliphatic heterocycles. The van der Waals surface area contributed by atoms with Crippen LogP contribution in [0.1, 0.15) is 12.8 Å². The molecule has 4 aliphatic rings. The van der Waals surface area contributed by atoms with Crippen molar-refractivity contribution in [1.82, 2.24) is 0 Å². The molecular weight excluding hydrogens is 224 g/mol. The normalized spacial score (nSPS) is 41.9. The fourth-order valence-electron chi connectivity index (χ4n) is 4.82. The van der Waals surface area contributed by atoms with Crippen LogP contribution in [0, 0.1) is 46.3 Å². The summed E-state index contributed by atoms with van der Waals surface area (Å²) in [6.45, 7) is 4.98. The minimum Gasteiger partial charge on any atom is -0.193 e. The molecule has 3 heteroatoms. The minimum absolute atomic E-state index is 0.416. The van der Waals surface area contributed by atoms with Crippen molar-refractivity contribution in [3.8, 4) is 12.1 Å². The zero-order chi connectivity index (χ0) is 12.2. The topological polar surface area (TPSA) is 47.6 Å². The van der Waals surface area contributed by atoms with Crippen molar-refractivity contribution in [3.63, 3.8) is 0 Å². The summed E-state index contributed by atoms with van der Waals surface area (Å²) >= 11 is 0. The largest absolute Gasteiger partial charge is 0.193 e. The average Bonchev–Trinajstić information content (AvgIpc) is 2.25. The van der Waals surface area contributed by atoms with Gasteiger partial charge >= 0.3 is 0 Å². The SMILES string of the molecule is C[Si]1(C)C[C@H]2CC3C[C@@H](C1)C2C(C#N)=C3C#N. The quantitative estimate of drug-likeness (QED) is 0.612. The van der Waals surface area contributed by atoms with E-state index < -0.39 is 8.07 Å². The van der Waals surface area contributed by atoms with Crippen LogP contribution >= 0.6 is 0 Å². The summed E-state index contributed by atoms with van der Waals surface area (Å²) in [7, 11) is -1.01. The Morgan fingerprint density at radius 1 is 1.00 bits per heavy atom. The molecule has 0 aromatic rings. The van der Waals surface area contributed by atoms with E-state index in [0.717, 1.165) is 23.0 Å². The molecule has 0 amide bonds. The molecule has 17 heavy (non-hydrogen) atoms. The molecule has 4 rings (SSSR count). The van der Waals surface area contributed by atoms with Crippen LogP contribution in [0.15, 0.2) is 11.1 Å². The maximum Gasteiger partial charge on any atom is 0.0960 e. The van der Waals surface area contributed by atoms with Crippen molar-refractivity contribution in [3.05, 3.63) is 11.1 Å². The molecule has 0 radical (unpaired) electrons. The zero-order valence-electron chi connectivity index (χ0n) is 10.5. The summed E-state index contributed by atoms with van der Waals surface area (Å²) in [6, 6.07) is 7.42. The maximum absolute atomic E-state index is 9.35. The molecule has 1 heterocycles. The molecule has 1 saturated heterocycles. The van der Waals surface area contributed by atoms with Gasteiger partial charge in [-0.3, -0.25) is 0 Å². The number of nitrogens with zero attached hydrogens (tertiary/aromatic N) is 2. The van der Waals surface area contributed by atoms with Crippen LogP contribution in [0.4, 0.5) is 0 Å². The smallest absolute Gasteiger partial charge is 0.0960 e. The molecule has 2 unspecified atom stereocenters. The molecule has 0 N–H and O–H groups in total. The van der Waals surface area contributed by atoms with E-state index >= 15 is 0 Å². The second kappa shape index (κ2) is 3.46. The number of rotatable bonds is 0. The lowest BCUT2D eigenvalue weighted by atomic mass is 9.58. The van der Waals surface area contributed by atoms with Crippen LogP contribution in [0.5, 0.6) is 0 Å². The van der Waals surface area contributed by atoms with E-state index in [4.69, 9.17) is 0 Å². The fourth-order valence-corrected chi connectivity index (χ4v) is 8.67. The first kappa shape index (κ1) is 11.1. The second-order valence-corrected chi connectivity index (χ2v) is 12.0. The van der Waals surface area contributed by atoms with Gasteiger partial charge in [-0.1, -0.05) is 25.2 Å². The van der Waals surface area contributed by atoms with E-state index in [9.17, 15) is 10.5 Å². The van der Waals surface area contributed by atoms with Gasteiger partial charge in [0.15, 0.2) is 0 Å². The van der Waals surface area contributed by atoms with E-state index in [2.05, 4.69) is 25.2 Å². The Hall–Kier alpha value is -1.06. The summed E-state index contributed by atoms with van der Waals surface area (Å²) < 4.78 is 0. The van der Waals surface area contributed by atoms with Crippen molar-refractivity contribution in [2.75, 3.05) is 0 Å². The van der Waals surface area contributed by atoms with Gasteiger partial charge in [0.2, 0.25) is 0 Å². The van der Waals surface area contributed by atoms with E-state index in [1.807, 2.05) is 0 Å². The van der Waals surface area contributed by atoms with Gasteiger partial charge in [-0.2, -0.15) is 10.5 Å². The highest BCUT2D eigenvalue weighted by atomic mass is 28.3. The van der Waals surface area contributed by atoms with E-state index in [-0.39, 0.29) is 0 Å². The van der Waals surface area contributed by atoms with Crippen molar-refractivity contribution in [2.24, 2.45) is 23.7 Å². The maximum atomic E-state index is 9.35. The summed E-state index contributed by atoms with van der Waals surface area (Å²) in [5.41, 5.74) is 1.71. The van der Waals surface area contributed by atoms with Crippen LogP contribution in [0.2, 0.25) is 25.2 Å². The first-order valence-electron chi connectivity index (χ1n) is 6.60. The minimum atomic E-state index is -1.01. The first-order chi connectivity index (χ1) is 8.05. The van der Waals surface area contributed by atoms with Gasteiger partial charge in [-0.05, 0) is 30.6 Å². The highest BCUT2D eigenvalue weighted by Crippen LogP contribution is 2.58. The van der Waals surface area contributed by atoms with Gasteiger partial charge in [-0.25, -0.2) is 0 Å². The summed E-state index contributed by atoms with van der Waals surface area (Å²) in [6.07, 6.45) is 2.37. The van der Waals surface area contributed by atoms with E-state index in [1.54, 1.807) is 0 Å². The van der Waals surface area contributed by atoms with Gasteiger partial charge in [0.25, 0.3) is 0 Å². The van der Waals surface area contributed by atoms with Crippen LogP contribution in [0.3, 0.4) is 0 Å². The standard InChI is InChI=1S/C14H18N2Si/c1-17(2)7-10-3-9-4-11(8-17)14(10)13(6-16)12(9)5-15/h9-11,14H,3-4,7-8H2,1-2H3/t9?,10-,11+,14?. The molecule has 4 atom stereocenters. The Morgan fingerprint density at radius 3 is 2.00 bits per heavy atom. The van der Waals surface area contributed by atoms with Crippen LogP contribution in [0.25, 0.3) is 0 Å². The predicted molar refractivity (Wildman–Crippen MR) is 68.5 cm³/mol. The molecule has 1 saturated carbocycles. The van der Waals surface area contributed by atoms with Crippen molar-refractivity contribution in [1.29, 1.82) is 10.5 Å². The Balaban J connectivity index is 2.04. The highest BCUT2D eigenvalue weighted by Gasteiger charge is 2.52. The van der Waals surface area contributed by atoms with Crippen molar-refractivity contribution >= 4 is 8.07 Å². The Bertz CT molecular complexity index is 459. The van der Waals surface area contributed by atoms with Gasteiger partial charge in [0.1, 0.15) is 0 Å². The number of hydrogen-bond donors (Lipinski definition) is 0. The molecule has 0 aromatic heterocycles. The Morgan fingerprint density at radius 2 is 1.53 bits per heavy atom. The molecule has 3 aliphatic carbocycles. The molecule has 88 valence electrons. The lowest BCUT2D eigenvalue weighted by Crippen LogP contribution is -2.50. The summed E-state index contributed by atoms with van der Waals surface area (Å²) in [5, 5.41) is 18.6. The lowest BCUT2D eigenvalue weighted by Gasteiger charge is -2.54. The number of allylic oxidation sites excluding steroid dienone is 2. The Kier molecular flexibility index (Phi) is 2.25. The first-order valence-corrected chi connectivity index (χ1v) is 10.0. The highest BCUT2D eigenvalue weighted by molar-refractivity contribution is 6.77. The third-order valence-corrected chi connectivity index (χ3v) is 8.35. The second-order valence-electron chi connectivity index (χ2n) is 6.84. The van der Waals surface area contributed by atoms with E-state index in [1.165, 1.54) is 24.9 Å². The lowest BCUT2D eigenvalue weighted by molar-refractivity contribution is 0.137. The van der Waals surface area contributed by atoms with Crippen LogP contribution < -0.4 is 0 Å². The van der Waals surface area contributed by atoms with Crippen LogP contribution in [-0.4, -0.2) is 8.07 Å². The predicted octanol–water partition coefficient (Wildman–Crippen LogP) is 3.32. The molecule has 0 aromatic carbocycles. The molecule has 2 nitrogen and oxygen atoms in total. The number of hydrogen-bond acceptors (Lipinski definition) is 2. The average molecular weight is 242 g/mol. The number of nitriles is 2. The van der Waals surface area contributed by atoms with Crippen LogP contribution in [-0.2, 0) is 0 Å². The van der Waals surface area contributed by atoms with Crippen molar-refractivity contribution in [2.45, 2.75) is 38.0 Å². The zero-order valence-corrected chi connectivity index (χ0v) is 11.5. The molecule has 2 fully saturated rings. The van der Waals surface area contributed by atoms with Gasteiger partial charge in [0, 0.05) is 25.1 Å². The van der Waals surface area contributed by atoms with Gasteiger partial charge < -0.3 is 0 Å². The van der Waals surface area contributed by atoms with E-state index in [0.29, 0.717) is 11.8 Å². The van der Waals surface area contributed by atoms with Crippen molar-refractivity contribution < 1.29 is 0 Å². The fraction of sp³-hybridized carbons (Fsp3) is 0.714. The van der Waals surface area contributed by atoms with Gasteiger partial charge in [0.05, 0.1) is 12.1 Å². The molecular formula is C14H18N2Si. The third kappa shape index (κ3) is 1.49. The summed E-state index contributed by atoms with van der Waals surface area (Å²) in [4.78, 5) is 0. The Labute approximate surface area is 104 Å². The monoisotopic (exact) mass is 242 g/mol.